The fourth-order valence-corrected chi connectivity index (χ4v) is 1.19. The van der Waals surface area contributed by atoms with Crippen molar-refractivity contribution in [1.29, 1.82) is 5.26 Å². The molecule has 0 heterocycles. The molecule has 0 atom stereocenters. The Hall–Kier alpha value is -2.44. The molecule has 0 spiro atoms. The van der Waals surface area contributed by atoms with E-state index in [-0.39, 0.29) is 0 Å². The predicted octanol–water partition coefficient (Wildman–Crippen LogP) is 2.89. The molecule has 0 fully saturated rings. The summed E-state index contributed by atoms with van der Waals surface area (Å²) >= 11 is 0. The van der Waals surface area contributed by atoms with Crippen molar-refractivity contribution < 1.29 is 4.74 Å². The van der Waals surface area contributed by atoms with Gasteiger partial charge in [-0.1, -0.05) is 23.3 Å². The molecule has 0 saturated heterocycles. The third-order valence-electron chi connectivity index (χ3n) is 1.90. The predicted molar refractivity (Wildman–Crippen MR) is 60.8 cm³/mol. The van der Waals surface area contributed by atoms with Crippen LogP contribution in [0.3, 0.4) is 0 Å². The van der Waals surface area contributed by atoms with Gasteiger partial charge in [-0.05, 0) is 23.2 Å². The number of rotatable bonds is 4. The molecule has 1 rings (SSSR count). The van der Waals surface area contributed by atoms with Crippen LogP contribution in [0.1, 0.15) is 11.1 Å². The van der Waals surface area contributed by atoms with Crippen LogP contribution in [0.4, 0.5) is 0 Å². The molecular weight excluding hydrogens is 204 g/mol. The van der Waals surface area contributed by atoms with Gasteiger partial charge in [0.25, 0.3) is 0 Å². The van der Waals surface area contributed by atoms with Gasteiger partial charge in [0.2, 0.25) is 0 Å². The Morgan fingerprint density at radius 3 is 3.06 bits per heavy atom. The van der Waals surface area contributed by atoms with E-state index in [9.17, 15) is 0 Å². The highest BCUT2D eigenvalue weighted by Gasteiger charge is 2.01. The first-order chi connectivity index (χ1) is 7.81. The molecule has 0 aromatic heterocycles. The Morgan fingerprint density at radius 1 is 1.62 bits per heavy atom. The summed E-state index contributed by atoms with van der Waals surface area (Å²) in [6, 6.07) is 7.31. The van der Waals surface area contributed by atoms with Crippen LogP contribution in [0.25, 0.3) is 16.5 Å². The second kappa shape index (κ2) is 6.12. The monoisotopic (exact) mass is 214 g/mol. The zero-order valence-corrected chi connectivity index (χ0v) is 8.79. The molecule has 0 amide bonds. The van der Waals surface area contributed by atoms with E-state index in [4.69, 9.17) is 15.5 Å². The number of ether oxygens (including phenoxy) is 1. The summed E-state index contributed by atoms with van der Waals surface area (Å²) in [5.41, 5.74) is 9.43. The van der Waals surface area contributed by atoms with E-state index < -0.39 is 0 Å². The average Bonchev–Trinajstić information content (AvgIpc) is 2.34. The Labute approximate surface area is 93.2 Å². The van der Waals surface area contributed by atoms with E-state index in [0.29, 0.717) is 17.9 Å². The highest BCUT2D eigenvalue weighted by atomic mass is 16.5. The summed E-state index contributed by atoms with van der Waals surface area (Å²) in [5.74, 6) is 0.551. The fraction of sp³-hybridized carbons (Fsp3) is 0.182. The average molecular weight is 214 g/mol. The summed E-state index contributed by atoms with van der Waals surface area (Å²) in [7, 11) is 1.52. The van der Waals surface area contributed by atoms with Crippen LogP contribution in [-0.4, -0.2) is 13.7 Å². The molecular formula is C11H10N4O. The maximum absolute atomic E-state index is 8.86. The molecule has 0 unspecified atom stereocenters. The van der Waals surface area contributed by atoms with Crippen molar-refractivity contribution in [2.45, 2.75) is 0 Å². The third-order valence-corrected chi connectivity index (χ3v) is 1.90. The van der Waals surface area contributed by atoms with Crippen molar-refractivity contribution in [2.24, 2.45) is 5.11 Å². The first-order valence-electron chi connectivity index (χ1n) is 4.57. The lowest BCUT2D eigenvalue weighted by atomic mass is 10.1. The van der Waals surface area contributed by atoms with Crippen molar-refractivity contribution in [2.75, 3.05) is 13.7 Å². The van der Waals surface area contributed by atoms with Gasteiger partial charge in [-0.3, -0.25) is 0 Å². The molecule has 16 heavy (non-hydrogen) atoms. The molecule has 0 aliphatic carbocycles. The largest absolute Gasteiger partial charge is 0.495 e. The summed E-state index contributed by atoms with van der Waals surface area (Å²) in [6.45, 7) is 0.296. The van der Waals surface area contributed by atoms with Crippen LogP contribution in [0, 0.1) is 11.3 Å². The number of hydrogen-bond acceptors (Lipinski definition) is 3. The number of methoxy groups -OCH3 is 1. The smallest absolute Gasteiger partial charge is 0.136 e. The molecule has 0 bridgehead atoms. The second-order valence-corrected chi connectivity index (χ2v) is 2.89. The van der Waals surface area contributed by atoms with Gasteiger partial charge in [-0.2, -0.15) is 5.26 Å². The summed E-state index contributed by atoms with van der Waals surface area (Å²) in [6.07, 6.45) is 3.51. The standard InChI is InChI=1S/C11H10N4O/c1-16-11-5-4-9(7-10(11)8-12)3-2-6-14-15-13/h2-5,7H,6H2,1H3. The number of nitrogens with zero attached hydrogens (tertiary/aromatic N) is 4. The van der Waals surface area contributed by atoms with E-state index in [2.05, 4.69) is 10.0 Å². The van der Waals surface area contributed by atoms with Crippen LogP contribution in [0.2, 0.25) is 0 Å². The first kappa shape index (κ1) is 11.6. The van der Waals surface area contributed by atoms with Crippen LogP contribution in [0.5, 0.6) is 5.75 Å². The molecule has 0 aliphatic rings. The van der Waals surface area contributed by atoms with Crippen LogP contribution >= 0.6 is 0 Å². The number of nitriles is 1. The SMILES string of the molecule is COc1ccc(C=CCN=[N+]=[N-])cc1C#N. The highest BCUT2D eigenvalue weighted by molar-refractivity contribution is 5.56. The summed E-state index contributed by atoms with van der Waals surface area (Å²) in [4.78, 5) is 2.63. The van der Waals surface area contributed by atoms with Gasteiger partial charge in [0.05, 0.1) is 12.7 Å². The van der Waals surface area contributed by atoms with E-state index in [0.717, 1.165) is 5.56 Å². The number of azide groups is 1. The molecule has 1 aromatic carbocycles. The molecule has 0 N–H and O–H groups in total. The Bertz CT molecular complexity index is 481. The van der Waals surface area contributed by atoms with Crippen molar-refractivity contribution in [3.05, 3.63) is 45.8 Å². The minimum Gasteiger partial charge on any atom is -0.495 e. The second-order valence-electron chi connectivity index (χ2n) is 2.89. The lowest BCUT2D eigenvalue weighted by Gasteiger charge is -2.02. The Balaban J connectivity index is 2.87. The van der Waals surface area contributed by atoms with Crippen LogP contribution in [-0.2, 0) is 0 Å². The minimum atomic E-state index is 0.296. The van der Waals surface area contributed by atoms with Crippen LogP contribution in [0.15, 0.2) is 29.4 Å². The van der Waals surface area contributed by atoms with Gasteiger partial charge < -0.3 is 4.74 Å². The summed E-state index contributed by atoms with van der Waals surface area (Å²) in [5, 5.41) is 12.2. The van der Waals surface area contributed by atoms with Crippen molar-refractivity contribution >= 4 is 6.08 Å². The Morgan fingerprint density at radius 2 is 2.44 bits per heavy atom. The molecule has 1 aromatic rings. The zero-order chi connectivity index (χ0) is 11.8. The van der Waals surface area contributed by atoms with E-state index in [1.54, 1.807) is 24.3 Å². The zero-order valence-electron chi connectivity index (χ0n) is 8.79. The minimum absolute atomic E-state index is 0.296. The van der Waals surface area contributed by atoms with Gasteiger partial charge in [0.15, 0.2) is 0 Å². The van der Waals surface area contributed by atoms with Gasteiger partial charge in [0, 0.05) is 11.5 Å². The summed E-state index contributed by atoms with van der Waals surface area (Å²) < 4.78 is 5.02. The molecule has 80 valence electrons. The van der Waals surface area contributed by atoms with Crippen molar-refractivity contribution in [3.63, 3.8) is 0 Å². The molecule has 0 radical (unpaired) electrons. The fourth-order valence-electron chi connectivity index (χ4n) is 1.19. The van der Waals surface area contributed by atoms with Gasteiger partial charge in [0.1, 0.15) is 11.8 Å². The van der Waals surface area contributed by atoms with Crippen molar-refractivity contribution in [1.82, 2.24) is 0 Å². The van der Waals surface area contributed by atoms with Crippen LogP contribution < -0.4 is 4.74 Å². The third kappa shape index (κ3) is 3.05. The quantitative estimate of drug-likeness (QED) is 0.438. The van der Waals surface area contributed by atoms with E-state index in [1.165, 1.54) is 7.11 Å². The number of benzene rings is 1. The first-order valence-corrected chi connectivity index (χ1v) is 4.57. The molecule has 0 aliphatic heterocycles. The van der Waals surface area contributed by atoms with Crippen molar-refractivity contribution in [3.8, 4) is 11.8 Å². The normalized spacial score (nSPS) is 9.50. The number of hydrogen-bond donors (Lipinski definition) is 0. The highest BCUT2D eigenvalue weighted by Crippen LogP contribution is 2.19. The molecule has 0 saturated carbocycles. The lowest BCUT2D eigenvalue weighted by Crippen LogP contribution is -1.88. The Kier molecular flexibility index (Phi) is 4.45. The molecule has 5 heteroatoms. The van der Waals surface area contributed by atoms with E-state index >= 15 is 0 Å². The van der Waals surface area contributed by atoms with E-state index in [1.807, 2.05) is 12.1 Å². The van der Waals surface area contributed by atoms with Gasteiger partial charge in [-0.15, -0.1) is 0 Å². The van der Waals surface area contributed by atoms with Gasteiger partial charge >= 0.3 is 0 Å². The lowest BCUT2D eigenvalue weighted by molar-refractivity contribution is 0.413. The van der Waals surface area contributed by atoms with Gasteiger partial charge in [-0.25, -0.2) is 0 Å². The maximum Gasteiger partial charge on any atom is 0.136 e. The molecule has 5 nitrogen and oxygen atoms in total. The topological polar surface area (TPSA) is 81.8 Å². The maximum atomic E-state index is 8.86.